The third-order valence-corrected chi connectivity index (χ3v) is 5.08. The van der Waals surface area contributed by atoms with Gasteiger partial charge in [-0.3, -0.25) is 0 Å². The Morgan fingerprint density at radius 3 is 2.78 bits per heavy atom. The van der Waals surface area contributed by atoms with E-state index in [0.717, 1.165) is 21.5 Å². The van der Waals surface area contributed by atoms with Gasteiger partial charge in [-0.05, 0) is 46.2 Å². The number of hydrogen-bond acceptors (Lipinski definition) is 2. The third kappa shape index (κ3) is 3.12. The number of halogens is 3. The molecule has 1 unspecified atom stereocenters. The topological polar surface area (TPSA) is 12.0 Å². The third-order valence-electron chi connectivity index (χ3n) is 2.54. The first-order valence-corrected chi connectivity index (χ1v) is 7.54. The Kier molecular flexibility index (Phi) is 4.78. The monoisotopic (exact) mass is 347 g/mol. The summed E-state index contributed by atoms with van der Waals surface area (Å²) in [6, 6.07) is 8.58. The lowest BCUT2D eigenvalue weighted by molar-refractivity contribution is 0.607. The number of hydrogen-bond donors (Lipinski definition) is 1. The van der Waals surface area contributed by atoms with E-state index in [-0.39, 0.29) is 11.9 Å². The van der Waals surface area contributed by atoms with Crippen molar-refractivity contribution in [3.05, 3.63) is 55.4 Å². The van der Waals surface area contributed by atoms with Crippen LogP contribution in [-0.4, -0.2) is 6.54 Å². The lowest BCUT2D eigenvalue weighted by atomic mass is 10.1. The smallest absolute Gasteiger partial charge is 0.123 e. The molecule has 1 atom stereocenters. The fraction of sp³-hybridized carbons (Fsp3) is 0.231. The van der Waals surface area contributed by atoms with Crippen molar-refractivity contribution in [3.8, 4) is 0 Å². The van der Waals surface area contributed by atoms with E-state index in [1.807, 2.05) is 19.1 Å². The Balaban J connectivity index is 2.39. The lowest BCUT2D eigenvalue weighted by Crippen LogP contribution is -2.21. The van der Waals surface area contributed by atoms with Gasteiger partial charge in [0.1, 0.15) is 10.2 Å². The van der Waals surface area contributed by atoms with Crippen LogP contribution in [0.2, 0.25) is 4.34 Å². The van der Waals surface area contributed by atoms with Crippen molar-refractivity contribution in [1.82, 2.24) is 5.32 Å². The van der Waals surface area contributed by atoms with Crippen LogP contribution in [0.3, 0.4) is 0 Å². The van der Waals surface area contributed by atoms with Gasteiger partial charge in [-0.1, -0.05) is 30.7 Å². The van der Waals surface area contributed by atoms with Gasteiger partial charge in [0.05, 0.1) is 6.04 Å². The number of thiophene rings is 1. The molecular formula is C13H12BrClFNS. The van der Waals surface area contributed by atoms with Crippen LogP contribution in [0.15, 0.2) is 34.8 Å². The van der Waals surface area contributed by atoms with Gasteiger partial charge in [-0.15, -0.1) is 11.3 Å². The van der Waals surface area contributed by atoms with Crippen molar-refractivity contribution in [2.24, 2.45) is 0 Å². The molecule has 0 amide bonds. The maximum atomic E-state index is 13.3. The fourth-order valence-electron chi connectivity index (χ4n) is 1.78. The second kappa shape index (κ2) is 6.15. The van der Waals surface area contributed by atoms with Crippen LogP contribution >= 0.6 is 38.9 Å². The summed E-state index contributed by atoms with van der Waals surface area (Å²) >= 11 is 11.0. The van der Waals surface area contributed by atoms with Gasteiger partial charge in [0.2, 0.25) is 0 Å². The lowest BCUT2D eigenvalue weighted by Gasteiger charge is -2.16. The summed E-state index contributed by atoms with van der Waals surface area (Å²) in [7, 11) is 0. The molecule has 1 N–H and O–H groups in total. The Bertz CT molecular complexity index is 524. The second-order valence-electron chi connectivity index (χ2n) is 3.82. The molecule has 0 radical (unpaired) electrons. The van der Waals surface area contributed by atoms with Crippen LogP contribution in [0, 0.1) is 5.82 Å². The maximum Gasteiger partial charge on any atom is 0.123 e. The first kappa shape index (κ1) is 14.0. The normalized spacial score (nSPS) is 12.7. The van der Waals surface area contributed by atoms with E-state index in [1.54, 1.807) is 12.1 Å². The molecule has 5 heteroatoms. The summed E-state index contributed by atoms with van der Waals surface area (Å²) in [4.78, 5) is 1.07. The summed E-state index contributed by atoms with van der Waals surface area (Å²) in [6.45, 7) is 2.82. The van der Waals surface area contributed by atoms with Crippen molar-refractivity contribution in [3.63, 3.8) is 0 Å². The molecule has 2 rings (SSSR count). The molecule has 1 heterocycles. The minimum absolute atomic E-state index is 0.0282. The molecular weight excluding hydrogens is 337 g/mol. The van der Waals surface area contributed by atoms with Crippen LogP contribution in [0.25, 0.3) is 0 Å². The molecule has 0 saturated heterocycles. The zero-order valence-electron chi connectivity index (χ0n) is 9.71. The van der Waals surface area contributed by atoms with Gasteiger partial charge in [0, 0.05) is 9.35 Å². The van der Waals surface area contributed by atoms with E-state index < -0.39 is 0 Å². The molecule has 1 aromatic heterocycles. The number of rotatable bonds is 4. The second-order valence-corrected chi connectivity index (χ2v) is 6.36. The predicted octanol–water partition coefficient (Wildman–Crippen LogP) is 5.00. The summed E-state index contributed by atoms with van der Waals surface area (Å²) in [5.41, 5.74) is 0.905. The number of benzene rings is 1. The van der Waals surface area contributed by atoms with E-state index in [1.165, 1.54) is 17.4 Å². The fourth-order valence-corrected chi connectivity index (χ4v) is 3.62. The van der Waals surface area contributed by atoms with E-state index in [4.69, 9.17) is 11.6 Å². The minimum atomic E-state index is -0.225. The average Bonchev–Trinajstić information content (AvgIpc) is 2.66. The Hall–Kier alpha value is -0.420. The Labute approximate surface area is 123 Å². The van der Waals surface area contributed by atoms with Crippen molar-refractivity contribution in [2.75, 3.05) is 6.54 Å². The van der Waals surface area contributed by atoms with Gasteiger partial charge in [0.15, 0.2) is 0 Å². The van der Waals surface area contributed by atoms with Crippen molar-refractivity contribution < 1.29 is 4.39 Å². The van der Waals surface area contributed by atoms with E-state index >= 15 is 0 Å². The summed E-state index contributed by atoms with van der Waals surface area (Å²) in [6.07, 6.45) is 0. The average molecular weight is 349 g/mol. The van der Waals surface area contributed by atoms with Gasteiger partial charge in [-0.2, -0.15) is 0 Å². The van der Waals surface area contributed by atoms with Gasteiger partial charge < -0.3 is 5.32 Å². The van der Waals surface area contributed by atoms with Crippen molar-refractivity contribution in [2.45, 2.75) is 13.0 Å². The number of nitrogens with one attached hydrogen (secondary N) is 1. The standard InChI is InChI=1S/C13H12BrClFNS/c1-2-17-12(8-4-3-5-9(16)6-8)11-7-10(14)13(15)18-11/h3-7,12,17H,2H2,1H3. The summed E-state index contributed by atoms with van der Waals surface area (Å²) in [5, 5.41) is 3.35. The highest BCUT2D eigenvalue weighted by Gasteiger charge is 2.17. The molecule has 1 aromatic carbocycles. The van der Waals surface area contributed by atoms with Crippen molar-refractivity contribution >= 4 is 38.9 Å². The van der Waals surface area contributed by atoms with Gasteiger partial charge in [0.25, 0.3) is 0 Å². The highest BCUT2D eigenvalue weighted by molar-refractivity contribution is 9.10. The Morgan fingerprint density at radius 1 is 1.44 bits per heavy atom. The molecule has 0 spiro atoms. The highest BCUT2D eigenvalue weighted by atomic mass is 79.9. The molecule has 2 aromatic rings. The first-order valence-electron chi connectivity index (χ1n) is 5.55. The van der Waals surface area contributed by atoms with Crippen LogP contribution in [-0.2, 0) is 0 Å². The zero-order chi connectivity index (χ0) is 13.1. The first-order chi connectivity index (χ1) is 8.61. The molecule has 18 heavy (non-hydrogen) atoms. The molecule has 0 saturated carbocycles. The molecule has 0 aliphatic heterocycles. The highest BCUT2D eigenvalue weighted by Crippen LogP contribution is 2.37. The van der Waals surface area contributed by atoms with Gasteiger partial charge >= 0.3 is 0 Å². The predicted molar refractivity (Wildman–Crippen MR) is 78.9 cm³/mol. The molecule has 96 valence electrons. The molecule has 0 aliphatic rings. The molecule has 0 aliphatic carbocycles. The maximum absolute atomic E-state index is 13.3. The molecule has 0 bridgehead atoms. The van der Waals surface area contributed by atoms with E-state index in [9.17, 15) is 4.39 Å². The van der Waals surface area contributed by atoms with Crippen molar-refractivity contribution in [1.29, 1.82) is 0 Å². The largest absolute Gasteiger partial charge is 0.306 e. The van der Waals surface area contributed by atoms with Crippen LogP contribution < -0.4 is 5.32 Å². The van der Waals surface area contributed by atoms with Gasteiger partial charge in [-0.25, -0.2) is 4.39 Å². The quantitative estimate of drug-likeness (QED) is 0.819. The molecule has 1 nitrogen and oxygen atoms in total. The minimum Gasteiger partial charge on any atom is -0.306 e. The van der Waals surface area contributed by atoms with Crippen LogP contribution in [0.4, 0.5) is 4.39 Å². The molecule has 0 fully saturated rings. The summed E-state index contributed by atoms with van der Waals surface area (Å²) in [5.74, 6) is -0.225. The SMILES string of the molecule is CCNC(c1cccc(F)c1)c1cc(Br)c(Cl)s1. The van der Waals surface area contributed by atoms with Crippen LogP contribution in [0.1, 0.15) is 23.4 Å². The summed E-state index contributed by atoms with van der Waals surface area (Å²) < 4.78 is 14.9. The van der Waals surface area contributed by atoms with E-state index in [2.05, 4.69) is 21.2 Å². The van der Waals surface area contributed by atoms with E-state index in [0.29, 0.717) is 4.34 Å². The zero-order valence-corrected chi connectivity index (χ0v) is 12.9. The van der Waals surface area contributed by atoms with Crippen LogP contribution in [0.5, 0.6) is 0 Å². The Morgan fingerprint density at radius 2 is 2.22 bits per heavy atom.